The lowest BCUT2D eigenvalue weighted by Crippen LogP contribution is -2.57. The molecule has 1 aromatic rings. The number of aliphatic carboxylic acids is 1. The highest BCUT2D eigenvalue weighted by molar-refractivity contribution is 5.96. The number of likely N-dealkylation sites (tertiary alicyclic amines) is 2. The minimum absolute atomic E-state index is 0.00270. The van der Waals surface area contributed by atoms with Crippen LogP contribution < -0.4 is 32.7 Å². The predicted octanol–water partition coefficient (Wildman–Crippen LogP) is -4.52. The summed E-state index contributed by atoms with van der Waals surface area (Å²) < 4.78 is 0. The van der Waals surface area contributed by atoms with Crippen LogP contribution >= 0.6 is 0 Å². The van der Waals surface area contributed by atoms with Crippen LogP contribution in [0.3, 0.4) is 0 Å². The number of benzene rings is 1. The monoisotopic (exact) mass is 662 g/mol. The van der Waals surface area contributed by atoms with E-state index in [1.165, 1.54) is 36.1 Å². The molecule has 3 rings (SSSR count). The first-order chi connectivity index (χ1) is 22.2. The molecule has 11 N–H and O–H groups in total. The summed E-state index contributed by atoms with van der Waals surface area (Å²) in [7, 11) is 0. The van der Waals surface area contributed by atoms with E-state index in [-0.39, 0.29) is 51.2 Å². The van der Waals surface area contributed by atoms with Crippen LogP contribution in [0.2, 0.25) is 0 Å². The molecule has 258 valence electrons. The van der Waals surface area contributed by atoms with Crippen molar-refractivity contribution in [3.63, 3.8) is 0 Å². The molecule has 6 atom stereocenters. The lowest BCUT2D eigenvalue weighted by Gasteiger charge is -2.31. The molecule has 0 spiro atoms. The van der Waals surface area contributed by atoms with Gasteiger partial charge >= 0.3 is 5.97 Å². The molecule has 47 heavy (non-hydrogen) atoms. The van der Waals surface area contributed by atoms with Crippen molar-refractivity contribution in [2.75, 3.05) is 32.7 Å². The van der Waals surface area contributed by atoms with Gasteiger partial charge in [-0.05, 0) is 37.5 Å². The molecular weight excluding hydrogens is 620 g/mol. The van der Waals surface area contributed by atoms with E-state index in [9.17, 15) is 48.9 Å². The molecule has 0 aliphatic carbocycles. The number of hydrogen-bond acceptors (Lipinski definition) is 11. The quantitative estimate of drug-likeness (QED) is 0.0911. The maximum Gasteiger partial charge on any atom is 0.326 e. The van der Waals surface area contributed by atoms with Crippen molar-refractivity contribution in [2.24, 2.45) is 11.5 Å². The number of phenolic OH excluding ortho intramolecular Hbond substituents is 1. The SMILES string of the molecule is C[C@@H](NC(=O)[C@@H](CN)NC(=O)CN)C(=O)NCC(=O)N1C[C@H](O)C[C@@H]1C(=O)N1CCC[C@@H]1C(=O)N[C@H](Cc1ccc(O)cc1)C(=O)O. The van der Waals surface area contributed by atoms with E-state index in [0.717, 1.165) is 4.90 Å². The number of aliphatic hydroxyl groups is 1. The zero-order chi connectivity index (χ0) is 34.8. The van der Waals surface area contributed by atoms with E-state index in [1.54, 1.807) is 0 Å². The molecule has 0 radical (unpaired) electrons. The average Bonchev–Trinajstić information content (AvgIpc) is 3.69. The van der Waals surface area contributed by atoms with Gasteiger partial charge in [-0.25, -0.2) is 4.79 Å². The number of nitrogens with one attached hydrogen (secondary N) is 4. The van der Waals surface area contributed by atoms with Crippen molar-refractivity contribution >= 4 is 41.4 Å². The van der Waals surface area contributed by atoms with Gasteiger partial charge in [0.1, 0.15) is 36.0 Å². The molecule has 2 aliphatic heterocycles. The number of carbonyl (C=O) groups excluding carboxylic acids is 6. The molecule has 0 unspecified atom stereocenters. The Bertz CT molecular complexity index is 1340. The van der Waals surface area contributed by atoms with Crippen LogP contribution in [0, 0.1) is 0 Å². The van der Waals surface area contributed by atoms with Crippen LogP contribution in [-0.2, 0) is 40.0 Å². The number of rotatable bonds is 14. The Balaban J connectivity index is 1.59. The Morgan fingerprint density at radius 3 is 2.23 bits per heavy atom. The summed E-state index contributed by atoms with van der Waals surface area (Å²) in [4.78, 5) is 90.7. The van der Waals surface area contributed by atoms with E-state index < -0.39 is 84.3 Å². The van der Waals surface area contributed by atoms with Gasteiger partial charge in [0.15, 0.2) is 0 Å². The van der Waals surface area contributed by atoms with Gasteiger partial charge < -0.3 is 57.9 Å². The van der Waals surface area contributed by atoms with Crippen LogP contribution in [0.1, 0.15) is 31.7 Å². The number of carbonyl (C=O) groups is 7. The summed E-state index contributed by atoms with van der Waals surface area (Å²) in [5, 5.41) is 39.1. The van der Waals surface area contributed by atoms with E-state index in [4.69, 9.17) is 11.5 Å². The maximum atomic E-state index is 13.6. The second-order valence-electron chi connectivity index (χ2n) is 11.4. The number of carboxylic acid groups (broad SMARTS) is 1. The zero-order valence-corrected chi connectivity index (χ0v) is 25.9. The highest BCUT2D eigenvalue weighted by Crippen LogP contribution is 2.25. The molecule has 2 aliphatic rings. The highest BCUT2D eigenvalue weighted by atomic mass is 16.4. The van der Waals surface area contributed by atoms with Crippen LogP contribution in [-0.4, -0.2) is 136 Å². The number of amides is 6. The van der Waals surface area contributed by atoms with Crippen molar-refractivity contribution in [1.29, 1.82) is 0 Å². The third-order valence-corrected chi connectivity index (χ3v) is 7.95. The van der Waals surface area contributed by atoms with Gasteiger partial charge in [0.05, 0.1) is 19.2 Å². The third kappa shape index (κ3) is 9.84. The van der Waals surface area contributed by atoms with Crippen LogP contribution in [0.5, 0.6) is 5.75 Å². The highest BCUT2D eigenvalue weighted by Gasteiger charge is 2.45. The first-order valence-electron chi connectivity index (χ1n) is 15.1. The summed E-state index contributed by atoms with van der Waals surface area (Å²) in [6.45, 7) is 0.132. The van der Waals surface area contributed by atoms with Crippen molar-refractivity contribution in [3.8, 4) is 5.75 Å². The van der Waals surface area contributed by atoms with Gasteiger partial charge in [-0.2, -0.15) is 0 Å². The Labute approximate surface area is 270 Å². The largest absolute Gasteiger partial charge is 0.508 e. The number of nitrogens with two attached hydrogens (primary N) is 2. The topological polar surface area (TPSA) is 287 Å². The number of aromatic hydroxyl groups is 1. The minimum atomic E-state index is -1.31. The van der Waals surface area contributed by atoms with E-state index in [0.29, 0.717) is 12.0 Å². The van der Waals surface area contributed by atoms with Crippen LogP contribution in [0.15, 0.2) is 24.3 Å². The lowest BCUT2D eigenvalue weighted by molar-refractivity contribution is -0.147. The first-order valence-corrected chi connectivity index (χ1v) is 15.1. The summed E-state index contributed by atoms with van der Waals surface area (Å²) >= 11 is 0. The third-order valence-electron chi connectivity index (χ3n) is 7.95. The second-order valence-corrected chi connectivity index (χ2v) is 11.4. The summed E-state index contributed by atoms with van der Waals surface area (Å²) in [6.07, 6.45) is -0.513. The van der Waals surface area contributed by atoms with Gasteiger partial charge in [-0.15, -0.1) is 0 Å². The molecule has 2 fully saturated rings. The molecule has 18 nitrogen and oxygen atoms in total. The van der Waals surface area contributed by atoms with Crippen molar-refractivity contribution < 1.29 is 48.9 Å². The first kappa shape index (κ1) is 36.7. The second kappa shape index (κ2) is 16.7. The smallest absolute Gasteiger partial charge is 0.326 e. The number of nitrogens with zero attached hydrogens (tertiary/aromatic N) is 2. The van der Waals surface area contributed by atoms with Crippen molar-refractivity contribution in [1.82, 2.24) is 31.1 Å². The number of hydrogen-bond donors (Lipinski definition) is 9. The lowest BCUT2D eigenvalue weighted by atomic mass is 10.0. The summed E-state index contributed by atoms with van der Waals surface area (Å²) in [6, 6.07) is 0.136. The van der Waals surface area contributed by atoms with Gasteiger partial charge in [0, 0.05) is 32.5 Å². The Hall–Kier alpha value is -4.81. The van der Waals surface area contributed by atoms with Crippen LogP contribution in [0.4, 0.5) is 0 Å². The molecule has 0 bridgehead atoms. The normalized spacial score (nSPS) is 20.9. The Kier molecular flexibility index (Phi) is 13.0. The van der Waals surface area contributed by atoms with E-state index in [1.807, 2.05) is 0 Å². The fourth-order valence-corrected chi connectivity index (χ4v) is 5.44. The Morgan fingerprint density at radius 1 is 0.936 bits per heavy atom. The maximum absolute atomic E-state index is 13.6. The number of aliphatic hydroxyl groups excluding tert-OH is 1. The van der Waals surface area contributed by atoms with Gasteiger partial charge in [0.2, 0.25) is 35.4 Å². The molecule has 2 heterocycles. The number of phenols is 1. The molecule has 1 aromatic carbocycles. The molecular formula is C29H42N8O10. The van der Waals surface area contributed by atoms with Crippen LogP contribution in [0.25, 0.3) is 0 Å². The van der Waals surface area contributed by atoms with E-state index >= 15 is 0 Å². The minimum Gasteiger partial charge on any atom is -0.508 e. The van der Waals surface area contributed by atoms with Crippen molar-refractivity contribution in [3.05, 3.63) is 29.8 Å². The van der Waals surface area contributed by atoms with E-state index in [2.05, 4.69) is 21.3 Å². The van der Waals surface area contributed by atoms with Gasteiger partial charge in [-0.1, -0.05) is 12.1 Å². The molecule has 0 saturated carbocycles. The molecule has 6 amide bonds. The predicted molar refractivity (Wildman–Crippen MR) is 163 cm³/mol. The Morgan fingerprint density at radius 2 is 1.62 bits per heavy atom. The number of carboxylic acids is 1. The van der Waals surface area contributed by atoms with Crippen molar-refractivity contribution in [2.45, 2.75) is 68.9 Å². The standard InChI is InChI=1S/C29H42N8O10/c1-15(33-26(43)20(11-30)34-23(40)12-31)25(42)32-13-24(41)37-14-18(39)10-22(37)28(45)36-8-2-3-21(36)27(44)35-19(29(46)47)9-16-4-6-17(38)7-5-16/h4-7,15,18-22,38-39H,2-3,8-14,30-31H2,1H3,(H,32,42)(H,33,43)(H,34,40)(H,35,44)(H,46,47)/t15-,18-,19-,20-,21-,22-/m1/s1. The fourth-order valence-electron chi connectivity index (χ4n) is 5.44. The molecule has 18 heteroatoms. The summed E-state index contributed by atoms with van der Waals surface area (Å²) in [5.74, 6) is -5.36. The fraction of sp³-hybridized carbons (Fsp3) is 0.552. The summed E-state index contributed by atoms with van der Waals surface area (Å²) in [5.41, 5.74) is 11.3. The van der Waals surface area contributed by atoms with Gasteiger partial charge in [-0.3, -0.25) is 28.8 Å². The van der Waals surface area contributed by atoms with Gasteiger partial charge in [0.25, 0.3) is 0 Å². The molecule has 2 saturated heterocycles. The zero-order valence-electron chi connectivity index (χ0n) is 25.9. The average molecular weight is 663 g/mol. The molecule has 0 aromatic heterocycles. The number of β-amino-alcohol motifs (C(OH)–C–C–N with tert-alkyl or cyclic N) is 1.